The number of esters is 1. The van der Waals surface area contributed by atoms with Gasteiger partial charge in [-0.25, -0.2) is 9.59 Å². The first-order valence-corrected chi connectivity index (χ1v) is 9.36. The average molecular weight is 396 g/mol. The number of carbonyl (C=O) groups is 3. The second-order valence-corrected chi connectivity index (χ2v) is 6.78. The van der Waals surface area contributed by atoms with Gasteiger partial charge in [-0.15, -0.1) is 0 Å². The lowest BCUT2D eigenvalue weighted by Gasteiger charge is -2.34. The first kappa shape index (κ1) is 20.2. The molecule has 3 N–H and O–H groups in total. The molecule has 0 spiro atoms. The largest absolute Gasteiger partial charge is 0.452 e. The van der Waals surface area contributed by atoms with Crippen LogP contribution in [0.2, 0.25) is 0 Å². The number of hydrogen-bond acceptors (Lipinski definition) is 5. The van der Waals surface area contributed by atoms with Crippen molar-refractivity contribution in [2.45, 2.75) is 6.92 Å². The molecule has 29 heavy (non-hydrogen) atoms. The van der Waals surface area contributed by atoms with Gasteiger partial charge in [0.1, 0.15) is 0 Å². The first-order chi connectivity index (χ1) is 14.0. The number of amides is 3. The molecule has 0 aliphatic carbocycles. The predicted molar refractivity (Wildman–Crippen MR) is 109 cm³/mol. The van der Waals surface area contributed by atoms with E-state index >= 15 is 0 Å². The fourth-order valence-corrected chi connectivity index (χ4v) is 3.04. The van der Waals surface area contributed by atoms with E-state index in [2.05, 4.69) is 5.32 Å². The molecular formula is C21H24N4O4. The summed E-state index contributed by atoms with van der Waals surface area (Å²) >= 11 is 0. The molecule has 1 heterocycles. The van der Waals surface area contributed by atoms with E-state index in [0.29, 0.717) is 31.9 Å². The van der Waals surface area contributed by atoms with Crippen molar-refractivity contribution in [2.75, 3.05) is 43.8 Å². The number of ether oxygens (including phenoxy) is 1. The molecule has 0 atom stereocenters. The minimum absolute atomic E-state index is 0.204. The molecule has 2 aromatic rings. The number of carbonyl (C=O) groups excluding carboxylic acids is 3. The van der Waals surface area contributed by atoms with Gasteiger partial charge in [0.05, 0.1) is 5.56 Å². The molecule has 1 saturated heterocycles. The van der Waals surface area contributed by atoms with Crippen LogP contribution in [0, 0.1) is 6.92 Å². The van der Waals surface area contributed by atoms with E-state index < -0.39 is 5.97 Å². The maximum atomic E-state index is 12.4. The highest BCUT2D eigenvalue weighted by Gasteiger charge is 2.25. The number of rotatable bonds is 4. The Bertz CT molecular complexity index is 893. The quantitative estimate of drug-likeness (QED) is 0.608. The van der Waals surface area contributed by atoms with Crippen LogP contribution < -0.4 is 11.1 Å². The van der Waals surface area contributed by atoms with Gasteiger partial charge in [-0.2, -0.15) is 0 Å². The Kier molecular flexibility index (Phi) is 6.33. The number of aryl methyl sites for hydroxylation is 1. The molecule has 2 aromatic carbocycles. The van der Waals surface area contributed by atoms with Gasteiger partial charge in [0, 0.05) is 37.6 Å². The third-order valence-corrected chi connectivity index (χ3v) is 4.82. The van der Waals surface area contributed by atoms with E-state index in [1.807, 2.05) is 30.3 Å². The van der Waals surface area contributed by atoms with Crippen molar-refractivity contribution in [1.29, 1.82) is 0 Å². The van der Waals surface area contributed by atoms with Crippen LogP contribution in [0.25, 0.3) is 0 Å². The van der Waals surface area contributed by atoms with E-state index in [1.54, 1.807) is 34.9 Å². The maximum Gasteiger partial charge on any atom is 0.340 e. The van der Waals surface area contributed by atoms with E-state index in [4.69, 9.17) is 10.5 Å². The standard InChI is InChI=1S/C21H24N4O4/c1-15-6-5-9-17(19(15)22)20(27)29-14-18(26)24-10-12-25(13-11-24)21(28)23-16-7-3-2-4-8-16/h2-9H,10-14,22H2,1H3,(H,23,28). The molecule has 152 valence electrons. The summed E-state index contributed by atoms with van der Waals surface area (Å²) in [4.78, 5) is 40.1. The van der Waals surface area contributed by atoms with Crippen molar-refractivity contribution < 1.29 is 19.1 Å². The molecule has 0 saturated carbocycles. The van der Waals surface area contributed by atoms with E-state index in [9.17, 15) is 14.4 Å². The Morgan fingerprint density at radius 3 is 2.31 bits per heavy atom. The molecule has 0 bridgehead atoms. The van der Waals surface area contributed by atoms with Crippen molar-refractivity contribution in [1.82, 2.24) is 9.80 Å². The van der Waals surface area contributed by atoms with Crippen molar-refractivity contribution in [3.63, 3.8) is 0 Å². The number of piperazine rings is 1. The zero-order chi connectivity index (χ0) is 20.8. The van der Waals surface area contributed by atoms with E-state index in [1.165, 1.54) is 0 Å². The molecule has 8 heteroatoms. The molecule has 1 fully saturated rings. The number of benzene rings is 2. The second kappa shape index (κ2) is 9.09. The number of hydrogen-bond donors (Lipinski definition) is 2. The van der Waals surface area contributed by atoms with E-state index in [0.717, 1.165) is 11.3 Å². The van der Waals surface area contributed by atoms with Gasteiger partial charge in [0.2, 0.25) is 0 Å². The lowest BCUT2D eigenvalue weighted by atomic mass is 10.1. The highest BCUT2D eigenvalue weighted by Crippen LogP contribution is 2.17. The number of para-hydroxylation sites is 2. The third-order valence-electron chi connectivity index (χ3n) is 4.82. The summed E-state index contributed by atoms with van der Waals surface area (Å²) in [5.74, 6) is -0.923. The van der Waals surface area contributed by atoms with Crippen LogP contribution in [0.5, 0.6) is 0 Å². The SMILES string of the molecule is Cc1cccc(C(=O)OCC(=O)N2CCN(C(=O)Nc3ccccc3)CC2)c1N. The van der Waals surface area contributed by atoms with Crippen molar-refractivity contribution in [3.05, 3.63) is 59.7 Å². The zero-order valence-electron chi connectivity index (χ0n) is 16.3. The zero-order valence-corrected chi connectivity index (χ0v) is 16.3. The molecule has 3 rings (SSSR count). The third kappa shape index (κ3) is 5.04. The molecule has 0 aromatic heterocycles. The van der Waals surface area contributed by atoms with Crippen LogP contribution in [0.3, 0.4) is 0 Å². The Hall–Kier alpha value is -3.55. The summed E-state index contributed by atoms with van der Waals surface area (Å²) < 4.78 is 5.13. The highest BCUT2D eigenvalue weighted by molar-refractivity contribution is 5.97. The van der Waals surface area contributed by atoms with Gasteiger partial charge in [-0.05, 0) is 30.7 Å². The smallest absolute Gasteiger partial charge is 0.340 e. The Morgan fingerprint density at radius 2 is 1.62 bits per heavy atom. The highest BCUT2D eigenvalue weighted by atomic mass is 16.5. The van der Waals surface area contributed by atoms with Gasteiger partial charge in [-0.3, -0.25) is 4.79 Å². The summed E-state index contributed by atoms with van der Waals surface area (Å²) in [5, 5.41) is 2.83. The van der Waals surface area contributed by atoms with E-state index in [-0.39, 0.29) is 24.1 Å². The average Bonchev–Trinajstić information content (AvgIpc) is 2.74. The van der Waals surface area contributed by atoms with Crippen molar-refractivity contribution >= 4 is 29.3 Å². The van der Waals surface area contributed by atoms with Crippen molar-refractivity contribution in [3.8, 4) is 0 Å². The van der Waals surface area contributed by atoms with Crippen molar-refractivity contribution in [2.24, 2.45) is 0 Å². The summed E-state index contributed by atoms with van der Waals surface area (Å²) in [6, 6.07) is 14.1. The number of nitrogens with zero attached hydrogens (tertiary/aromatic N) is 2. The second-order valence-electron chi connectivity index (χ2n) is 6.78. The molecule has 1 aliphatic heterocycles. The Morgan fingerprint density at radius 1 is 0.966 bits per heavy atom. The fraction of sp³-hybridized carbons (Fsp3) is 0.286. The molecule has 3 amide bonds. The van der Waals surface area contributed by atoms with Gasteiger partial charge in [0.15, 0.2) is 6.61 Å². The van der Waals surface area contributed by atoms with Crippen LogP contribution in [0.15, 0.2) is 48.5 Å². The summed E-state index contributed by atoms with van der Waals surface area (Å²) in [5.41, 5.74) is 7.99. The number of urea groups is 1. The monoisotopic (exact) mass is 396 g/mol. The molecule has 0 radical (unpaired) electrons. The molecule has 8 nitrogen and oxygen atoms in total. The predicted octanol–water partition coefficient (Wildman–Crippen LogP) is 2.11. The Labute approximate surface area is 169 Å². The number of nitrogens with one attached hydrogen (secondary N) is 1. The minimum Gasteiger partial charge on any atom is -0.452 e. The number of anilines is 2. The summed E-state index contributed by atoms with van der Waals surface area (Å²) in [7, 11) is 0. The summed E-state index contributed by atoms with van der Waals surface area (Å²) in [6.45, 7) is 3.01. The van der Waals surface area contributed by atoms with Crippen LogP contribution in [0.1, 0.15) is 15.9 Å². The number of nitrogen functional groups attached to an aromatic ring is 1. The van der Waals surface area contributed by atoms with Gasteiger partial charge in [-0.1, -0.05) is 30.3 Å². The van der Waals surface area contributed by atoms with Gasteiger partial charge >= 0.3 is 12.0 Å². The molecule has 1 aliphatic rings. The lowest BCUT2D eigenvalue weighted by molar-refractivity contribution is -0.135. The number of nitrogens with two attached hydrogens (primary N) is 1. The lowest BCUT2D eigenvalue weighted by Crippen LogP contribution is -2.52. The van der Waals surface area contributed by atoms with Crippen LogP contribution in [-0.2, 0) is 9.53 Å². The normalized spacial score (nSPS) is 13.7. The maximum absolute atomic E-state index is 12.4. The topological polar surface area (TPSA) is 105 Å². The van der Waals surface area contributed by atoms with Gasteiger partial charge in [0.25, 0.3) is 5.91 Å². The first-order valence-electron chi connectivity index (χ1n) is 9.36. The van der Waals surface area contributed by atoms with Crippen LogP contribution in [0.4, 0.5) is 16.2 Å². The van der Waals surface area contributed by atoms with Gasteiger partial charge < -0.3 is 25.6 Å². The van der Waals surface area contributed by atoms with Crippen LogP contribution >= 0.6 is 0 Å². The Balaban J connectivity index is 1.45. The molecular weight excluding hydrogens is 372 g/mol. The van der Waals surface area contributed by atoms with Crippen LogP contribution in [-0.4, -0.2) is 60.5 Å². The molecule has 0 unspecified atom stereocenters. The fourth-order valence-electron chi connectivity index (χ4n) is 3.04. The minimum atomic E-state index is -0.625. The summed E-state index contributed by atoms with van der Waals surface area (Å²) in [6.07, 6.45) is 0.